The van der Waals surface area contributed by atoms with Crippen molar-refractivity contribution in [1.29, 1.82) is 0 Å². The maximum atomic E-state index is 10.7. The van der Waals surface area contributed by atoms with E-state index < -0.39 is 12.1 Å². The summed E-state index contributed by atoms with van der Waals surface area (Å²) in [7, 11) is 0. The molecule has 0 amide bonds. The van der Waals surface area contributed by atoms with E-state index in [0.717, 1.165) is 15.6 Å². The quantitative estimate of drug-likeness (QED) is 0.838. The van der Waals surface area contributed by atoms with Gasteiger partial charge in [-0.3, -0.25) is 0 Å². The van der Waals surface area contributed by atoms with E-state index in [-0.39, 0.29) is 0 Å². The molecule has 0 bridgehead atoms. The molecule has 0 spiro atoms. The van der Waals surface area contributed by atoms with Gasteiger partial charge in [-0.05, 0) is 40.0 Å². The van der Waals surface area contributed by atoms with Crippen molar-refractivity contribution in [3.63, 3.8) is 0 Å². The predicted molar refractivity (Wildman–Crippen MR) is 54.6 cm³/mol. The molecular formula is C10H9BrO3. The molecule has 1 aliphatic rings. The van der Waals surface area contributed by atoms with E-state index in [1.165, 1.54) is 0 Å². The monoisotopic (exact) mass is 256 g/mol. The molecule has 1 N–H and O–H groups in total. The van der Waals surface area contributed by atoms with Gasteiger partial charge >= 0.3 is 5.97 Å². The third kappa shape index (κ3) is 1.50. The van der Waals surface area contributed by atoms with Crippen molar-refractivity contribution in [2.24, 2.45) is 0 Å². The molecule has 0 aliphatic carbocycles. The smallest absolute Gasteiger partial charge is 0.345 e. The number of carbonyl (C=O) groups is 1. The maximum absolute atomic E-state index is 10.7. The lowest BCUT2D eigenvalue weighted by atomic mass is 10.1. The van der Waals surface area contributed by atoms with E-state index in [1.54, 1.807) is 0 Å². The average Bonchev–Trinajstić information content (AvgIpc) is 2.47. The van der Waals surface area contributed by atoms with Crippen LogP contribution >= 0.6 is 15.9 Å². The van der Waals surface area contributed by atoms with E-state index in [2.05, 4.69) is 15.9 Å². The second-order valence-corrected chi connectivity index (χ2v) is 4.24. The van der Waals surface area contributed by atoms with Gasteiger partial charge in [-0.2, -0.15) is 0 Å². The zero-order valence-electron chi connectivity index (χ0n) is 7.58. The van der Waals surface area contributed by atoms with E-state index in [9.17, 15) is 4.79 Å². The highest BCUT2D eigenvalue weighted by Gasteiger charge is 2.30. The first-order valence-electron chi connectivity index (χ1n) is 4.26. The van der Waals surface area contributed by atoms with Gasteiger partial charge in [0.15, 0.2) is 6.10 Å². The van der Waals surface area contributed by atoms with Crippen LogP contribution < -0.4 is 4.74 Å². The Kier molecular flexibility index (Phi) is 2.23. The van der Waals surface area contributed by atoms with Crippen LogP contribution in [0.5, 0.6) is 5.75 Å². The summed E-state index contributed by atoms with van der Waals surface area (Å²) in [4.78, 5) is 10.7. The molecule has 1 unspecified atom stereocenters. The fourth-order valence-electron chi connectivity index (χ4n) is 1.61. The summed E-state index contributed by atoms with van der Waals surface area (Å²) in [5, 5.41) is 8.81. The van der Waals surface area contributed by atoms with Gasteiger partial charge in [0.25, 0.3) is 0 Å². The molecule has 0 aromatic heterocycles. The number of aliphatic carboxylic acids is 1. The number of rotatable bonds is 1. The average molecular weight is 257 g/mol. The number of benzene rings is 1. The minimum Gasteiger partial charge on any atom is -0.478 e. The summed E-state index contributed by atoms with van der Waals surface area (Å²) in [6, 6.07) is 3.88. The van der Waals surface area contributed by atoms with Crippen LogP contribution in [0.25, 0.3) is 0 Å². The van der Waals surface area contributed by atoms with Gasteiger partial charge in [-0.25, -0.2) is 4.79 Å². The first-order chi connectivity index (χ1) is 6.58. The van der Waals surface area contributed by atoms with Crippen molar-refractivity contribution in [3.05, 3.63) is 27.7 Å². The Balaban J connectivity index is 2.39. The van der Waals surface area contributed by atoms with Gasteiger partial charge in [-0.15, -0.1) is 0 Å². The third-order valence-corrected chi connectivity index (χ3v) is 2.79. The van der Waals surface area contributed by atoms with E-state index >= 15 is 0 Å². The zero-order chi connectivity index (χ0) is 10.3. The Hall–Kier alpha value is -1.03. The highest BCUT2D eigenvalue weighted by molar-refractivity contribution is 9.10. The Bertz CT molecular complexity index is 401. The Morgan fingerprint density at radius 3 is 3.00 bits per heavy atom. The van der Waals surface area contributed by atoms with Crippen molar-refractivity contribution in [1.82, 2.24) is 0 Å². The molecule has 74 valence electrons. The first kappa shape index (κ1) is 9.52. The topological polar surface area (TPSA) is 46.5 Å². The number of hydrogen-bond donors (Lipinski definition) is 1. The zero-order valence-corrected chi connectivity index (χ0v) is 9.17. The first-order valence-corrected chi connectivity index (χ1v) is 5.05. The second kappa shape index (κ2) is 3.28. The number of aryl methyl sites for hydroxylation is 1. The predicted octanol–water partition coefficient (Wildman–Crippen LogP) is 2.15. The number of halogens is 1. The largest absolute Gasteiger partial charge is 0.478 e. The van der Waals surface area contributed by atoms with Gasteiger partial charge in [0.1, 0.15) is 5.75 Å². The van der Waals surface area contributed by atoms with Crippen LogP contribution in [0.15, 0.2) is 16.6 Å². The van der Waals surface area contributed by atoms with Crippen molar-refractivity contribution in [2.45, 2.75) is 19.4 Å². The lowest BCUT2D eigenvalue weighted by molar-refractivity contribution is -0.144. The van der Waals surface area contributed by atoms with Gasteiger partial charge < -0.3 is 9.84 Å². The number of carboxylic acids is 1. The minimum atomic E-state index is -0.911. The van der Waals surface area contributed by atoms with Crippen LogP contribution in [0.4, 0.5) is 0 Å². The van der Waals surface area contributed by atoms with Gasteiger partial charge in [0.05, 0.1) is 4.47 Å². The fourth-order valence-corrected chi connectivity index (χ4v) is 2.32. The summed E-state index contributed by atoms with van der Waals surface area (Å²) in [5.74, 6) is -0.242. The standard InChI is InChI=1S/C10H9BrO3/c1-5-2-6-4-8(10(12)13)14-9(6)7(11)3-5/h2-3,8H,4H2,1H3,(H,12,13). The normalized spacial score (nSPS) is 18.9. The van der Waals surface area contributed by atoms with Crippen LogP contribution in [0, 0.1) is 6.92 Å². The lowest BCUT2D eigenvalue weighted by Gasteiger charge is -2.05. The summed E-state index contributed by atoms with van der Waals surface area (Å²) in [6.45, 7) is 1.97. The van der Waals surface area contributed by atoms with Crippen LogP contribution in [0.3, 0.4) is 0 Å². The van der Waals surface area contributed by atoms with Crippen molar-refractivity contribution >= 4 is 21.9 Å². The third-order valence-electron chi connectivity index (χ3n) is 2.21. The number of fused-ring (bicyclic) bond motifs is 1. The van der Waals surface area contributed by atoms with Crippen LogP contribution in [-0.4, -0.2) is 17.2 Å². The summed E-state index contributed by atoms with van der Waals surface area (Å²) in [5.41, 5.74) is 2.06. The molecule has 0 saturated carbocycles. The molecule has 0 radical (unpaired) electrons. The Labute approximate surface area is 89.8 Å². The Morgan fingerprint density at radius 1 is 1.64 bits per heavy atom. The number of ether oxygens (including phenoxy) is 1. The molecule has 2 rings (SSSR count). The second-order valence-electron chi connectivity index (χ2n) is 3.38. The van der Waals surface area contributed by atoms with Gasteiger partial charge in [0.2, 0.25) is 0 Å². The van der Waals surface area contributed by atoms with Crippen molar-refractivity contribution in [2.75, 3.05) is 0 Å². The molecular weight excluding hydrogens is 248 g/mol. The number of hydrogen-bond acceptors (Lipinski definition) is 2. The molecule has 14 heavy (non-hydrogen) atoms. The molecule has 1 aliphatic heterocycles. The highest BCUT2D eigenvalue weighted by Crippen LogP contribution is 2.37. The molecule has 1 heterocycles. The van der Waals surface area contributed by atoms with E-state index in [4.69, 9.17) is 9.84 Å². The highest BCUT2D eigenvalue weighted by atomic mass is 79.9. The molecule has 0 fully saturated rings. The SMILES string of the molecule is Cc1cc(Br)c2c(c1)CC(C(=O)O)O2. The van der Waals surface area contributed by atoms with Gasteiger partial charge in [-0.1, -0.05) is 6.07 Å². The molecule has 4 heteroatoms. The summed E-state index contributed by atoms with van der Waals surface area (Å²) in [6.07, 6.45) is -0.284. The summed E-state index contributed by atoms with van der Waals surface area (Å²) >= 11 is 3.36. The van der Waals surface area contributed by atoms with E-state index in [1.807, 2.05) is 19.1 Å². The fraction of sp³-hybridized carbons (Fsp3) is 0.300. The molecule has 1 atom stereocenters. The molecule has 3 nitrogen and oxygen atoms in total. The molecule has 1 aromatic rings. The minimum absolute atomic E-state index is 0.449. The number of carboxylic acid groups (broad SMARTS) is 1. The van der Waals surface area contributed by atoms with Crippen molar-refractivity contribution in [3.8, 4) is 5.75 Å². The Morgan fingerprint density at radius 2 is 2.36 bits per heavy atom. The van der Waals surface area contributed by atoms with Crippen LogP contribution in [-0.2, 0) is 11.2 Å². The lowest BCUT2D eigenvalue weighted by Crippen LogP contribution is -2.24. The van der Waals surface area contributed by atoms with Crippen molar-refractivity contribution < 1.29 is 14.6 Å². The maximum Gasteiger partial charge on any atom is 0.345 e. The van der Waals surface area contributed by atoms with Gasteiger partial charge in [0, 0.05) is 6.42 Å². The molecule has 0 saturated heterocycles. The summed E-state index contributed by atoms with van der Waals surface area (Å²) < 4.78 is 6.14. The van der Waals surface area contributed by atoms with E-state index in [0.29, 0.717) is 12.2 Å². The van der Waals surface area contributed by atoms with Crippen LogP contribution in [0.2, 0.25) is 0 Å². The van der Waals surface area contributed by atoms with Crippen LogP contribution in [0.1, 0.15) is 11.1 Å². The molecule has 1 aromatic carbocycles.